The van der Waals surface area contributed by atoms with Gasteiger partial charge in [0, 0.05) is 18.5 Å². The second kappa shape index (κ2) is 9.55. The number of hydrogen-bond acceptors (Lipinski definition) is 6. The van der Waals surface area contributed by atoms with Crippen molar-refractivity contribution in [2.45, 2.75) is 32.5 Å². The van der Waals surface area contributed by atoms with Crippen LogP contribution in [-0.2, 0) is 24.4 Å². The third-order valence-corrected chi connectivity index (χ3v) is 4.64. The molecule has 2 aromatic carbocycles. The number of rotatable bonds is 9. The number of amides is 1. The SMILES string of the molecule is O=C(CCCn1nnc(-c2ccccc2)n1)NCc1ccccc1Cn1cncn1. The molecule has 2 heterocycles. The van der Waals surface area contributed by atoms with Gasteiger partial charge in [-0.05, 0) is 22.8 Å². The molecular weight excluding hydrogens is 380 g/mol. The number of carbonyl (C=O) groups excluding carboxylic acids is 1. The largest absolute Gasteiger partial charge is 0.352 e. The summed E-state index contributed by atoms with van der Waals surface area (Å²) in [4.78, 5) is 17.8. The number of hydrogen-bond donors (Lipinski definition) is 1. The van der Waals surface area contributed by atoms with Crippen LogP contribution < -0.4 is 5.32 Å². The van der Waals surface area contributed by atoms with E-state index < -0.39 is 0 Å². The molecule has 2 aromatic heterocycles. The van der Waals surface area contributed by atoms with E-state index in [1.165, 1.54) is 11.1 Å². The highest BCUT2D eigenvalue weighted by Gasteiger charge is 2.08. The van der Waals surface area contributed by atoms with E-state index in [1.54, 1.807) is 11.0 Å². The van der Waals surface area contributed by atoms with E-state index in [-0.39, 0.29) is 5.91 Å². The molecule has 4 aromatic rings. The molecule has 0 atom stereocenters. The standard InChI is InChI=1S/C21H22N8O/c30-20(11-6-12-29-26-21(25-27-29)17-7-2-1-3-8-17)23-13-18-9-4-5-10-19(18)14-28-16-22-15-24-28/h1-5,7-10,15-16H,6,11-14H2,(H,23,30). The minimum atomic E-state index is -0.00560. The fourth-order valence-corrected chi connectivity index (χ4v) is 3.08. The Labute approximate surface area is 173 Å². The predicted molar refractivity (Wildman–Crippen MR) is 110 cm³/mol. The molecule has 1 amide bonds. The first-order valence-electron chi connectivity index (χ1n) is 9.77. The average Bonchev–Trinajstić information content (AvgIpc) is 3.46. The van der Waals surface area contributed by atoms with Gasteiger partial charge in [-0.3, -0.25) is 4.79 Å². The normalized spacial score (nSPS) is 10.8. The lowest BCUT2D eigenvalue weighted by Crippen LogP contribution is -2.23. The summed E-state index contributed by atoms with van der Waals surface area (Å²) in [6.07, 6.45) is 4.22. The van der Waals surface area contributed by atoms with Gasteiger partial charge in [0.25, 0.3) is 0 Å². The Balaban J connectivity index is 1.24. The fraction of sp³-hybridized carbons (Fsp3) is 0.238. The Morgan fingerprint density at radius 2 is 1.80 bits per heavy atom. The summed E-state index contributed by atoms with van der Waals surface area (Å²) in [7, 11) is 0. The van der Waals surface area contributed by atoms with E-state index >= 15 is 0 Å². The lowest BCUT2D eigenvalue weighted by Gasteiger charge is -2.10. The van der Waals surface area contributed by atoms with Crippen molar-refractivity contribution in [3.63, 3.8) is 0 Å². The number of benzene rings is 2. The van der Waals surface area contributed by atoms with Crippen molar-refractivity contribution in [3.8, 4) is 11.4 Å². The van der Waals surface area contributed by atoms with Crippen molar-refractivity contribution in [3.05, 3.63) is 78.4 Å². The molecule has 152 valence electrons. The molecule has 0 spiro atoms. The quantitative estimate of drug-likeness (QED) is 0.460. The molecule has 1 N–H and O–H groups in total. The molecule has 0 saturated heterocycles. The molecular formula is C21H22N8O. The Bertz CT molecular complexity index is 1080. The zero-order chi connectivity index (χ0) is 20.6. The zero-order valence-electron chi connectivity index (χ0n) is 16.4. The monoisotopic (exact) mass is 402 g/mol. The molecule has 0 bridgehead atoms. The summed E-state index contributed by atoms with van der Waals surface area (Å²) < 4.78 is 1.76. The third kappa shape index (κ3) is 5.13. The lowest BCUT2D eigenvalue weighted by atomic mass is 10.1. The van der Waals surface area contributed by atoms with Crippen molar-refractivity contribution in [1.82, 2.24) is 40.3 Å². The highest BCUT2D eigenvalue weighted by atomic mass is 16.1. The molecule has 30 heavy (non-hydrogen) atoms. The smallest absolute Gasteiger partial charge is 0.220 e. The fourth-order valence-electron chi connectivity index (χ4n) is 3.08. The molecule has 9 nitrogen and oxygen atoms in total. The van der Waals surface area contributed by atoms with Gasteiger partial charge in [0.05, 0.1) is 13.1 Å². The van der Waals surface area contributed by atoms with Crippen LogP contribution in [-0.4, -0.2) is 40.9 Å². The van der Waals surface area contributed by atoms with Crippen LogP contribution in [0.25, 0.3) is 11.4 Å². The highest BCUT2D eigenvalue weighted by Crippen LogP contribution is 2.12. The van der Waals surface area contributed by atoms with Gasteiger partial charge in [-0.25, -0.2) is 9.67 Å². The van der Waals surface area contributed by atoms with Crippen molar-refractivity contribution in [1.29, 1.82) is 0 Å². The van der Waals surface area contributed by atoms with Gasteiger partial charge in [0.15, 0.2) is 0 Å². The number of aryl methyl sites for hydroxylation is 1. The van der Waals surface area contributed by atoms with Crippen LogP contribution in [0.5, 0.6) is 0 Å². The summed E-state index contributed by atoms with van der Waals surface area (Å²) in [6, 6.07) is 17.7. The number of nitrogens with one attached hydrogen (secondary N) is 1. The van der Waals surface area contributed by atoms with Crippen LogP contribution in [0.4, 0.5) is 0 Å². The maximum atomic E-state index is 12.3. The first-order chi connectivity index (χ1) is 14.8. The van der Waals surface area contributed by atoms with Crippen molar-refractivity contribution in [2.75, 3.05) is 0 Å². The van der Waals surface area contributed by atoms with Crippen LogP contribution in [0.15, 0.2) is 67.3 Å². The van der Waals surface area contributed by atoms with Gasteiger partial charge in [-0.2, -0.15) is 9.90 Å². The molecule has 0 aliphatic carbocycles. The Morgan fingerprint density at radius 1 is 1.00 bits per heavy atom. The van der Waals surface area contributed by atoms with Gasteiger partial charge in [0.2, 0.25) is 11.7 Å². The lowest BCUT2D eigenvalue weighted by molar-refractivity contribution is -0.121. The molecule has 0 saturated carbocycles. The van der Waals surface area contributed by atoms with Crippen LogP contribution >= 0.6 is 0 Å². The van der Waals surface area contributed by atoms with Crippen LogP contribution in [0.1, 0.15) is 24.0 Å². The average molecular weight is 402 g/mol. The van der Waals surface area contributed by atoms with E-state index in [1.807, 2.05) is 54.6 Å². The topological polar surface area (TPSA) is 103 Å². The van der Waals surface area contributed by atoms with Gasteiger partial charge in [0.1, 0.15) is 12.7 Å². The van der Waals surface area contributed by atoms with Gasteiger partial charge >= 0.3 is 0 Å². The summed E-state index contributed by atoms with van der Waals surface area (Å²) >= 11 is 0. The van der Waals surface area contributed by atoms with E-state index in [2.05, 4.69) is 30.8 Å². The van der Waals surface area contributed by atoms with E-state index in [0.29, 0.717) is 38.3 Å². The summed E-state index contributed by atoms with van der Waals surface area (Å²) in [5.74, 6) is 0.581. The van der Waals surface area contributed by atoms with Gasteiger partial charge < -0.3 is 5.32 Å². The number of tetrazole rings is 1. The Kier molecular flexibility index (Phi) is 6.19. The van der Waals surface area contributed by atoms with Gasteiger partial charge in [-0.15, -0.1) is 10.2 Å². The van der Waals surface area contributed by atoms with E-state index in [0.717, 1.165) is 16.7 Å². The van der Waals surface area contributed by atoms with Crippen molar-refractivity contribution in [2.24, 2.45) is 0 Å². The predicted octanol–water partition coefficient (Wildman–Crippen LogP) is 2.08. The first-order valence-corrected chi connectivity index (χ1v) is 9.77. The Morgan fingerprint density at radius 3 is 2.60 bits per heavy atom. The third-order valence-electron chi connectivity index (χ3n) is 4.64. The maximum Gasteiger partial charge on any atom is 0.220 e. The molecule has 9 heteroatoms. The molecule has 0 aliphatic rings. The van der Waals surface area contributed by atoms with E-state index in [9.17, 15) is 4.79 Å². The molecule has 0 aliphatic heterocycles. The zero-order valence-corrected chi connectivity index (χ0v) is 16.4. The Hall–Kier alpha value is -3.88. The van der Waals surface area contributed by atoms with E-state index in [4.69, 9.17) is 0 Å². The maximum absolute atomic E-state index is 12.3. The summed E-state index contributed by atoms with van der Waals surface area (Å²) in [5.41, 5.74) is 3.08. The molecule has 0 fully saturated rings. The van der Waals surface area contributed by atoms with Gasteiger partial charge in [-0.1, -0.05) is 54.6 Å². The van der Waals surface area contributed by atoms with Crippen LogP contribution in [0.2, 0.25) is 0 Å². The molecule has 4 rings (SSSR count). The van der Waals surface area contributed by atoms with Crippen LogP contribution in [0.3, 0.4) is 0 Å². The second-order valence-electron chi connectivity index (χ2n) is 6.82. The highest BCUT2D eigenvalue weighted by molar-refractivity contribution is 5.75. The minimum absolute atomic E-state index is 0.00560. The molecule has 0 unspecified atom stereocenters. The second-order valence-corrected chi connectivity index (χ2v) is 6.82. The van der Waals surface area contributed by atoms with Crippen molar-refractivity contribution < 1.29 is 4.79 Å². The number of carbonyl (C=O) groups is 1. The summed E-state index contributed by atoms with van der Waals surface area (Å²) in [5, 5.41) is 19.6. The molecule has 0 radical (unpaired) electrons. The number of aromatic nitrogens is 7. The first kappa shape index (κ1) is 19.4. The number of nitrogens with zero attached hydrogens (tertiary/aromatic N) is 7. The van der Waals surface area contributed by atoms with Crippen LogP contribution in [0, 0.1) is 0 Å². The summed E-state index contributed by atoms with van der Waals surface area (Å²) in [6.45, 7) is 1.63. The van der Waals surface area contributed by atoms with Crippen molar-refractivity contribution >= 4 is 5.91 Å². The minimum Gasteiger partial charge on any atom is -0.352 e.